The number of aryl methyl sites for hydroxylation is 2. The Hall–Kier alpha value is -2.37. The van der Waals surface area contributed by atoms with Crippen molar-refractivity contribution >= 4 is 17.8 Å². The average Bonchev–Trinajstić information content (AvgIpc) is 2.44. The molecule has 0 aliphatic rings. The summed E-state index contributed by atoms with van der Waals surface area (Å²) in [6, 6.07) is 6.43. The van der Waals surface area contributed by atoms with Gasteiger partial charge in [-0.15, -0.1) is 0 Å². The van der Waals surface area contributed by atoms with Gasteiger partial charge >= 0.3 is 11.9 Å². The predicted octanol–water partition coefficient (Wildman–Crippen LogP) is 1.23. The van der Waals surface area contributed by atoms with Gasteiger partial charge in [-0.25, -0.2) is 4.79 Å². The molecule has 114 valence electrons. The van der Waals surface area contributed by atoms with Crippen LogP contribution >= 0.6 is 0 Å². The van der Waals surface area contributed by atoms with Crippen molar-refractivity contribution in [2.24, 2.45) is 0 Å². The number of nitrogens with one attached hydrogen (secondary N) is 1. The highest BCUT2D eigenvalue weighted by molar-refractivity contribution is 5.86. The summed E-state index contributed by atoms with van der Waals surface area (Å²) in [6.45, 7) is 2.05. The van der Waals surface area contributed by atoms with E-state index in [1.54, 1.807) is 0 Å². The lowest BCUT2D eigenvalue weighted by Gasteiger charge is -2.12. The molecule has 0 radical (unpaired) electrons. The Morgan fingerprint density at radius 3 is 2.14 bits per heavy atom. The number of carbonyl (C=O) groups is 3. The van der Waals surface area contributed by atoms with Gasteiger partial charge in [0, 0.05) is 6.42 Å². The van der Waals surface area contributed by atoms with Crippen molar-refractivity contribution in [2.75, 3.05) is 0 Å². The summed E-state index contributed by atoms with van der Waals surface area (Å²) in [5.41, 5.74) is 2.18. The zero-order valence-electron chi connectivity index (χ0n) is 11.8. The van der Waals surface area contributed by atoms with E-state index in [0.29, 0.717) is 6.42 Å². The van der Waals surface area contributed by atoms with Crippen molar-refractivity contribution in [1.82, 2.24) is 5.32 Å². The fourth-order valence-electron chi connectivity index (χ4n) is 1.84. The fourth-order valence-corrected chi connectivity index (χ4v) is 1.84. The van der Waals surface area contributed by atoms with E-state index in [0.717, 1.165) is 12.0 Å². The number of hydrogen-bond acceptors (Lipinski definition) is 3. The summed E-state index contributed by atoms with van der Waals surface area (Å²) >= 11 is 0. The minimum atomic E-state index is -1.39. The third-order valence-corrected chi connectivity index (χ3v) is 3.08. The Balaban J connectivity index is 2.48. The van der Waals surface area contributed by atoms with Crippen molar-refractivity contribution in [3.63, 3.8) is 0 Å². The van der Waals surface area contributed by atoms with Crippen LogP contribution in [0.4, 0.5) is 0 Å². The first-order valence-electron chi connectivity index (χ1n) is 6.74. The number of amides is 1. The molecule has 0 aliphatic carbocycles. The molecule has 1 aromatic rings. The second kappa shape index (κ2) is 8.04. The molecule has 0 spiro atoms. The van der Waals surface area contributed by atoms with Crippen LogP contribution in [0.3, 0.4) is 0 Å². The molecular formula is C15H19NO5. The quantitative estimate of drug-likeness (QED) is 0.668. The van der Waals surface area contributed by atoms with Gasteiger partial charge in [0.25, 0.3) is 0 Å². The molecule has 6 nitrogen and oxygen atoms in total. The Labute approximate surface area is 122 Å². The van der Waals surface area contributed by atoms with Gasteiger partial charge in [-0.1, -0.05) is 31.2 Å². The summed E-state index contributed by atoms with van der Waals surface area (Å²) in [4.78, 5) is 33.0. The van der Waals surface area contributed by atoms with Crippen molar-refractivity contribution in [1.29, 1.82) is 0 Å². The number of hydrogen-bond donors (Lipinski definition) is 3. The highest BCUT2D eigenvalue weighted by atomic mass is 16.4. The van der Waals surface area contributed by atoms with Crippen LogP contribution in [-0.2, 0) is 27.2 Å². The van der Waals surface area contributed by atoms with Crippen LogP contribution in [0.5, 0.6) is 0 Å². The van der Waals surface area contributed by atoms with Gasteiger partial charge in [-0.2, -0.15) is 0 Å². The molecule has 3 N–H and O–H groups in total. The number of benzene rings is 1. The monoisotopic (exact) mass is 293 g/mol. The molecule has 0 bridgehead atoms. The first kappa shape index (κ1) is 16.7. The largest absolute Gasteiger partial charge is 0.481 e. The number of carboxylic acid groups (broad SMARTS) is 2. The first-order valence-corrected chi connectivity index (χ1v) is 6.74. The molecule has 6 heteroatoms. The van der Waals surface area contributed by atoms with Gasteiger partial charge in [-0.05, 0) is 24.0 Å². The summed E-state index contributed by atoms with van der Waals surface area (Å²) in [7, 11) is 0. The lowest BCUT2D eigenvalue weighted by molar-refractivity contribution is -0.147. The van der Waals surface area contributed by atoms with E-state index in [2.05, 4.69) is 12.2 Å². The maximum Gasteiger partial charge on any atom is 0.326 e. The molecule has 0 saturated heterocycles. The molecule has 0 aliphatic heterocycles. The Morgan fingerprint density at radius 1 is 1.10 bits per heavy atom. The van der Waals surface area contributed by atoms with Crippen molar-refractivity contribution in [2.45, 2.75) is 38.6 Å². The van der Waals surface area contributed by atoms with Gasteiger partial charge in [0.2, 0.25) is 5.91 Å². The molecule has 1 atom stereocenters. The summed E-state index contributed by atoms with van der Waals surface area (Å²) in [5.74, 6) is -3.08. The minimum Gasteiger partial charge on any atom is -0.481 e. The van der Waals surface area contributed by atoms with E-state index in [1.807, 2.05) is 24.3 Å². The Kier molecular flexibility index (Phi) is 6.39. The molecule has 21 heavy (non-hydrogen) atoms. The fraction of sp³-hybridized carbons (Fsp3) is 0.400. The Morgan fingerprint density at radius 2 is 1.67 bits per heavy atom. The summed E-state index contributed by atoms with van der Waals surface area (Å²) in [6.07, 6.45) is 0.909. The number of carbonyl (C=O) groups excluding carboxylic acids is 1. The van der Waals surface area contributed by atoms with E-state index in [1.165, 1.54) is 5.56 Å². The van der Waals surface area contributed by atoms with Crippen LogP contribution in [0.25, 0.3) is 0 Å². The van der Waals surface area contributed by atoms with E-state index in [9.17, 15) is 14.4 Å². The highest BCUT2D eigenvalue weighted by Gasteiger charge is 2.22. The molecule has 1 amide bonds. The SMILES string of the molecule is CCc1ccc(CCC(=O)NC(CC(=O)O)C(=O)O)cc1. The molecule has 0 aromatic heterocycles. The van der Waals surface area contributed by atoms with Gasteiger partial charge < -0.3 is 15.5 Å². The van der Waals surface area contributed by atoms with Gasteiger partial charge in [-0.3, -0.25) is 9.59 Å². The van der Waals surface area contributed by atoms with Crippen molar-refractivity contribution in [3.05, 3.63) is 35.4 Å². The molecule has 0 heterocycles. The molecule has 1 rings (SSSR count). The number of carboxylic acids is 2. The minimum absolute atomic E-state index is 0.120. The summed E-state index contributed by atoms with van der Waals surface area (Å²) < 4.78 is 0. The van der Waals surface area contributed by atoms with Crippen LogP contribution in [0.2, 0.25) is 0 Å². The zero-order chi connectivity index (χ0) is 15.8. The molecular weight excluding hydrogens is 274 g/mol. The van der Waals surface area contributed by atoms with Crippen LogP contribution in [0, 0.1) is 0 Å². The van der Waals surface area contributed by atoms with E-state index < -0.39 is 30.3 Å². The lowest BCUT2D eigenvalue weighted by atomic mass is 10.1. The molecule has 0 fully saturated rings. The van der Waals surface area contributed by atoms with Crippen molar-refractivity contribution < 1.29 is 24.6 Å². The van der Waals surface area contributed by atoms with Gasteiger partial charge in [0.1, 0.15) is 6.04 Å². The van der Waals surface area contributed by atoms with Gasteiger partial charge in [0.15, 0.2) is 0 Å². The van der Waals surface area contributed by atoms with E-state index >= 15 is 0 Å². The van der Waals surface area contributed by atoms with E-state index in [4.69, 9.17) is 10.2 Å². The maximum atomic E-state index is 11.7. The average molecular weight is 293 g/mol. The molecule has 1 aromatic carbocycles. The third-order valence-electron chi connectivity index (χ3n) is 3.08. The van der Waals surface area contributed by atoms with Crippen LogP contribution in [0.15, 0.2) is 24.3 Å². The van der Waals surface area contributed by atoms with E-state index in [-0.39, 0.29) is 6.42 Å². The molecule has 1 unspecified atom stereocenters. The normalized spacial score (nSPS) is 11.7. The topological polar surface area (TPSA) is 104 Å². The van der Waals surface area contributed by atoms with Crippen LogP contribution in [-0.4, -0.2) is 34.1 Å². The van der Waals surface area contributed by atoms with Crippen LogP contribution < -0.4 is 5.32 Å². The molecule has 0 saturated carbocycles. The van der Waals surface area contributed by atoms with Gasteiger partial charge in [0.05, 0.1) is 6.42 Å². The zero-order valence-corrected chi connectivity index (χ0v) is 11.8. The second-order valence-corrected chi connectivity index (χ2v) is 4.73. The lowest BCUT2D eigenvalue weighted by Crippen LogP contribution is -2.42. The number of rotatable bonds is 8. The highest BCUT2D eigenvalue weighted by Crippen LogP contribution is 2.07. The first-order chi connectivity index (χ1) is 9.92. The third kappa shape index (κ3) is 6.07. The predicted molar refractivity (Wildman–Crippen MR) is 76.0 cm³/mol. The summed E-state index contributed by atoms with van der Waals surface area (Å²) in [5, 5.41) is 19.6. The smallest absolute Gasteiger partial charge is 0.326 e. The number of aliphatic carboxylic acids is 2. The second-order valence-electron chi connectivity index (χ2n) is 4.73. The Bertz CT molecular complexity index is 509. The maximum absolute atomic E-state index is 11.7. The van der Waals surface area contributed by atoms with Crippen LogP contribution in [0.1, 0.15) is 30.9 Å². The standard InChI is InChI=1S/C15H19NO5/c1-2-10-3-5-11(6-4-10)7-8-13(17)16-12(15(20)21)9-14(18)19/h3-6,12H,2,7-9H2,1H3,(H,16,17)(H,18,19)(H,20,21). The van der Waals surface area contributed by atoms with Crippen molar-refractivity contribution in [3.8, 4) is 0 Å².